The molecular formula is C13H11F2NO2. The number of halogens is 2. The zero-order chi connectivity index (χ0) is 13.3. The molecule has 1 aromatic rings. The van der Waals surface area contributed by atoms with E-state index in [-0.39, 0.29) is 25.0 Å². The largest absolute Gasteiger partial charge is 0.460 e. The molecule has 0 saturated carbocycles. The number of esters is 1. The van der Waals surface area contributed by atoms with E-state index >= 15 is 0 Å². The van der Waals surface area contributed by atoms with E-state index in [1.54, 1.807) is 6.92 Å². The average molecular weight is 251 g/mol. The Morgan fingerprint density at radius 1 is 1.50 bits per heavy atom. The first kappa shape index (κ1) is 12.5. The second-order valence-electron chi connectivity index (χ2n) is 4.22. The van der Waals surface area contributed by atoms with Crippen molar-refractivity contribution in [2.24, 2.45) is 0 Å². The number of rotatable bonds is 2. The van der Waals surface area contributed by atoms with E-state index in [1.807, 2.05) is 0 Å². The first-order chi connectivity index (χ1) is 8.54. The second kappa shape index (κ2) is 4.37. The van der Waals surface area contributed by atoms with Crippen molar-refractivity contribution in [3.05, 3.63) is 46.3 Å². The lowest BCUT2D eigenvalue weighted by molar-refractivity contribution is -0.147. The average Bonchev–Trinajstić information content (AvgIpc) is 2.75. The number of nitrogens with zero attached hydrogens (tertiary/aromatic N) is 1. The van der Waals surface area contributed by atoms with Gasteiger partial charge in [-0.25, -0.2) is 20.1 Å². The van der Waals surface area contributed by atoms with Crippen LogP contribution < -0.4 is 0 Å². The van der Waals surface area contributed by atoms with Crippen LogP contribution in [-0.2, 0) is 22.4 Å². The van der Waals surface area contributed by atoms with Gasteiger partial charge < -0.3 is 4.74 Å². The van der Waals surface area contributed by atoms with Crippen LogP contribution in [0.25, 0.3) is 4.85 Å². The Hall–Kier alpha value is -1.96. The minimum absolute atomic E-state index is 0.0713. The molecule has 0 aliphatic heterocycles. The Balaban J connectivity index is 2.41. The summed E-state index contributed by atoms with van der Waals surface area (Å²) in [5, 5.41) is 0. The van der Waals surface area contributed by atoms with Crippen molar-refractivity contribution >= 4 is 5.97 Å². The summed E-state index contributed by atoms with van der Waals surface area (Å²) in [6.07, 6.45) is -0.0594. The van der Waals surface area contributed by atoms with Crippen molar-refractivity contribution in [2.45, 2.75) is 25.3 Å². The highest BCUT2D eigenvalue weighted by molar-refractivity contribution is 5.85. The Morgan fingerprint density at radius 3 is 2.83 bits per heavy atom. The molecule has 0 amide bonds. The number of hydrogen-bond acceptors (Lipinski definition) is 2. The summed E-state index contributed by atoms with van der Waals surface area (Å²) in [4.78, 5) is 15.1. The first-order valence-electron chi connectivity index (χ1n) is 5.55. The minimum Gasteiger partial charge on any atom is -0.460 e. The topological polar surface area (TPSA) is 30.7 Å². The lowest BCUT2D eigenvalue weighted by Gasteiger charge is -2.13. The fourth-order valence-corrected chi connectivity index (χ4v) is 2.19. The number of carbonyl (C=O) groups is 1. The van der Waals surface area contributed by atoms with Gasteiger partial charge in [-0.15, -0.1) is 0 Å². The molecule has 94 valence electrons. The number of hydrogen-bond donors (Lipinski definition) is 0. The highest BCUT2D eigenvalue weighted by Gasteiger charge is 2.53. The molecule has 0 spiro atoms. The quantitative estimate of drug-likeness (QED) is 0.596. The molecule has 1 aliphatic rings. The van der Waals surface area contributed by atoms with Gasteiger partial charge in [0, 0.05) is 5.56 Å². The van der Waals surface area contributed by atoms with E-state index in [0.717, 1.165) is 6.07 Å². The minimum atomic E-state index is -1.44. The van der Waals surface area contributed by atoms with Crippen molar-refractivity contribution < 1.29 is 18.3 Å². The van der Waals surface area contributed by atoms with E-state index in [0.29, 0.717) is 5.56 Å². The maximum absolute atomic E-state index is 13.6. The van der Waals surface area contributed by atoms with Crippen molar-refractivity contribution in [1.82, 2.24) is 0 Å². The van der Waals surface area contributed by atoms with Crippen LogP contribution in [0.15, 0.2) is 12.1 Å². The lowest BCUT2D eigenvalue weighted by Crippen LogP contribution is -2.37. The van der Waals surface area contributed by atoms with Gasteiger partial charge in [-0.05, 0) is 18.6 Å². The third-order valence-corrected chi connectivity index (χ3v) is 3.11. The maximum atomic E-state index is 13.6. The zero-order valence-electron chi connectivity index (χ0n) is 9.80. The van der Waals surface area contributed by atoms with Gasteiger partial charge in [0.1, 0.15) is 0 Å². The molecule has 0 bridgehead atoms. The first-order valence-corrected chi connectivity index (χ1v) is 5.55. The van der Waals surface area contributed by atoms with Crippen LogP contribution in [0.2, 0.25) is 0 Å². The van der Waals surface area contributed by atoms with Crippen molar-refractivity contribution in [3.63, 3.8) is 0 Å². The lowest BCUT2D eigenvalue weighted by atomic mass is 9.97. The van der Waals surface area contributed by atoms with Crippen LogP contribution in [0, 0.1) is 18.2 Å². The molecule has 1 aromatic carbocycles. The second-order valence-corrected chi connectivity index (χ2v) is 4.22. The number of fused-ring (bicyclic) bond motifs is 1. The summed E-state index contributed by atoms with van der Waals surface area (Å²) in [5.41, 5.74) is -0.829. The van der Waals surface area contributed by atoms with E-state index < -0.39 is 23.1 Å². The Labute approximate surface area is 103 Å². The molecule has 0 fully saturated rings. The van der Waals surface area contributed by atoms with Gasteiger partial charge in [-0.3, -0.25) is 4.85 Å². The SMILES string of the molecule is [C-]#[N+]C1(C(=O)OCC)Cc2ccc(F)c(F)c2C1. The molecule has 1 unspecified atom stereocenters. The summed E-state index contributed by atoms with van der Waals surface area (Å²) < 4.78 is 31.6. The Bertz CT molecular complexity index is 551. The fourth-order valence-electron chi connectivity index (χ4n) is 2.19. The van der Waals surface area contributed by atoms with Gasteiger partial charge in [0.15, 0.2) is 11.6 Å². The highest BCUT2D eigenvalue weighted by atomic mass is 19.2. The summed E-state index contributed by atoms with van der Waals surface area (Å²) in [6.45, 7) is 8.96. The molecule has 18 heavy (non-hydrogen) atoms. The molecule has 0 saturated heterocycles. The van der Waals surface area contributed by atoms with Gasteiger partial charge in [0.2, 0.25) is 0 Å². The fraction of sp³-hybridized carbons (Fsp3) is 0.385. The van der Waals surface area contributed by atoms with Crippen LogP contribution in [0.4, 0.5) is 8.78 Å². The van der Waals surface area contributed by atoms with Crippen LogP contribution in [0.5, 0.6) is 0 Å². The van der Waals surface area contributed by atoms with Gasteiger partial charge in [-0.1, -0.05) is 6.07 Å². The predicted octanol–water partition coefficient (Wildman–Crippen LogP) is 2.28. The van der Waals surface area contributed by atoms with Gasteiger partial charge in [0.25, 0.3) is 0 Å². The summed E-state index contributed by atoms with van der Waals surface area (Å²) >= 11 is 0. The molecule has 0 N–H and O–H groups in total. The van der Waals surface area contributed by atoms with E-state index in [4.69, 9.17) is 11.3 Å². The summed E-state index contributed by atoms with van der Waals surface area (Å²) in [5.74, 6) is -2.60. The third-order valence-electron chi connectivity index (χ3n) is 3.11. The molecule has 0 aromatic heterocycles. The molecule has 1 atom stereocenters. The van der Waals surface area contributed by atoms with E-state index in [1.165, 1.54) is 6.07 Å². The molecule has 0 radical (unpaired) electrons. The predicted molar refractivity (Wildman–Crippen MR) is 59.7 cm³/mol. The monoisotopic (exact) mass is 251 g/mol. The van der Waals surface area contributed by atoms with Crippen LogP contribution >= 0.6 is 0 Å². The van der Waals surface area contributed by atoms with Gasteiger partial charge in [-0.2, -0.15) is 0 Å². The van der Waals surface area contributed by atoms with Crippen molar-refractivity contribution in [3.8, 4) is 0 Å². The Kier molecular flexibility index (Phi) is 3.04. The summed E-state index contributed by atoms with van der Waals surface area (Å²) in [6, 6.07) is 2.43. The standard InChI is InChI=1S/C13H11F2NO2/c1-3-18-12(17)13(16-2)6-8-4-5-10(14)11(15)9(8)7-13/h4-5H,3,6-7H2,1H3. The van der Waals surface area contributed by atoms with E-state index in [2.05, 4.69) is 4.85 Å². The van der Waals surface area contributed by atoms with Gasteiger partial charge >= 0.3 is 11.5 Å². The number of benzene rings is 1. The third kappa shape index (κ3) is 1.74. The normalized spacial score (nSPS) is 21.2. The van der Waals surface area contributed by atoms with Crippen LogP contribution in [0.1, 0.15) is 18.1 Å². The highest BCUT2D eigenvalue weighted by Crippen LogP contribution is 2.36. The maximum Gasteiger partial charge on any atom is 0.394 e. The summed E-state index contributed by atoms with van der Waals surface area (Å²) in [7, 11) is 0. The number of ether oxygens (including phenoxy) is 1. The molecule has 1 aliphatic carbocycles. The van der Waals surface area contributed by atoms with Crippen molar-refractivity contribution in [2.75, 3.05) is 6.61 Å². The smallest absolute Gasteiger partial charge is 0.394 e. The molecule has 2 rings (SSSR count). The zero-order valence-corrected chi connectivity index (χ0v) is 9.80. The van der Waals surface area contributed by atoms with Crippen LogP contribution in [0.3, 0.4) is 0 Å². The van der Waals surface area contributed by atoms with Crippen molar-refractivity contribution in [1.29, 1.82) is 0 Å². The van der Waals surface area contributed by atoms with E-state index in [9.17, 15) is 13.6 Å². The molecule has 3 nitrogen and oxygen atoms in total. The Morgan fingerprint density at radius 2 is 2.22 bits per heavy atom. The number of carbonyl (C=O) groups excluding carboxylic acids is 1. The molecule has 5 heteroatoms. The molecular weight excluding hydrogens is 240 g/mol. The molecule has 0 heterocycles. The van der Waals surface area contributed by atoms with Gasteiger partial charge in [0.05, 0.1) is 19.4 Å². The van der Waals surface area contributed by atoms with Crippen LogP contribution in [-0.4, -0.2) is 18.1 Å².